The third-order valence-electron chi connectivity index (χ3n) is 4.35. The third-order valence-corrected chi connectivity index (χ3v) is 4.35. The van der Waals surface area contributed by atoms with E-state index in [0.717, 1.165) is 29.9 Å². The minimum Gasteiger partial charge on any atom is -0.497 e. The second-order valence-electron chi connectivity index (χ2n) is 5.55. The standard InChI is InChI=1S/C15H22N2O2/c1-18-14-3-4-15(19-2)11(5-14)8-17-9-12-6-16-7-13(12)10-17/h3-5,12-13,16H,6-10H2,1-2H3. The highest BCUT2D eigenvalue weighted by atomic mass is 16.5. The summed E-state index contributed by atoms with van der Waals surface area (Å²) < 4.78 is 10.8. The van der Waals surface area contributed by atoms with Crippen LogP contribution in [0.1, 0.15) is 5.56 Å². The summed E-state index contributed by atoms with van der Waals surface area (Å²) in [6.45, 7) is 5.69. The Hall–Kier alpha value is -1.26. The molecule has 1 aromatic rings. The van der Waals surface area contributed by atoms with Gasteiger partial charge in [0.1, 0.15) is 11.5 Å². The van der Waals surface area contributed by atoms with Gasteiger partial charge >= 0.3 is 0 Å². The van der Waals surface area contributed by atoms with Crippen LogP contribution in [0.5, 0.6) is 11.5 Å². The maximum atomic E-state index is 5.45. The van der Waals surface area contributed by atoms with E-state index in [-0.39, 0.29) is 0 Å². The van der Waals surface area contributed by atoms with Crippen molar-refractivity contribution in [2.75, 3.05) is 40.4 Å². The molecule has 2 aliphatic heterocycles. The van der Waals surface area contributed by atoms with Gasteiger partial charge in [0, 0.05) is 25.2 Å². The van der Waals surface area contributed by atoms with Gasteiger partial charge in [0.2, 0.25) is 0 Å². The minimum atomic E-state index is 0.830. The average Bonchev–Trinajstić information content (AvgIpc) is 2.99. The average molecular weight is 262 g/mol. The van der Waals surface area contributed by atoms with Crippen molar-refractivity contribution in [3.8, 4) is 11.5 Å². The third kappa shape index (κ3) is 2.55. The molecule has 2 atom stereocenters. The van der Waals surface area contributed by atoms with E-state index in [2.05, 4.69) is 16.3 Å². The predicted octanol–water partition coefficient (Wildman–Crippen LogP) is 1.35. The molecule has 2 aliphatic rings. The number of benzene rings is 1. The Morgan fingerprint density at radius 2 is 1.89 bits per heavy atom. The van der Waals surface area contributed by atoms with E-state index in [4.69, 9.17) is 9.47 Å². The number of nitrogens with zero attached hydrogens (tertiary/aromatic N) is 1. The fourth-order valence-electron chi connectivity index (χ4n) is 3.33. The largest absolute Gasteiger partial charge is 0.497 e. The van der Waals surface area contributed by atoms with E-state index in [1.165, 1.54) is 31.7 Å². The molecule has 1 N–H and O–H groups in total. The molecule has 0 spiro atoms. The lowest BCUT2D eigenvalue weighted by molar-refractivity contribution is 0.297. The number of hydrogen-bond donors (Lipinski definition) is 1. The molecule has 19 heavy (non-hydrogen) atoms. The van der Waals surface area contributed by atoms with Crippen LogP contribution in [0.25, 0.3) is 0 Å². The normalized spacial score (nSPS) is 26.4. The summed E-state index contributed by atoms with van der Waals surface area (Å²) in [5.41, 5.74) is 1.22. The number of rotatable bonds is 4. The lowest BCUT2D eigenvalue weighted by Gasteiger charge is -2.19. The first-order valence-corrected chi connectivity index (χ1v) is 6.94. The lowest BCUT2D eigenvalue weighted by Crippen LogP contribution is -2.25. The summed E-state index contributed by atoms with van der Waals surface area (Å²) in [6.07, 6.45) is 0. The van der Waals surface area contributed by atoms with Gasteiger partial charge in [-0.3, -0.25) is 4.90 Å². The van der Waals surface area contributed by atoms with Crippen LogP contribution in [-0.4, -0.2) is 45.3 Å². The first-order chi connectivity index (χ1) is 9.30. The zero-order chi connectivity index (χ0) is 13.2. The van der Waals surface area contributed by atoms with Gasteiger partial charge in [0.25, 0.3) is 0 Å². The van der Waals surface area contributed by atoms with Gasteiger partial charge in [0.05, 0.1) is 14.2 Å². The molecule has 4 nitrogen and oxygen atoms in total. The van der Waals surface area contributed by atoms with Gasteiger partial charge in [-0.2, -0.15) is 0 Å². The molecule has 0 saturated carbocycles. The Kier molecular flexibility index (Phi) is 3.62. The molecule has 2 fully saturated rings. The van der Waals surface area contributed by atoms with Crippen molar-refractivity contribution in [2.24, 2.45) is 11.8 Å². The van der Waals surface area contributed by atoms with Gasteiger partial charge in [-0.15, -0.1) is 0 Å². The molecule has 1 aromatic carbocycles. The monoisotopic (exact) mass is 262 g/mol. The van der Waals surface area contributed by atoms with Crippen LogP contribution in [0.15, 0.2) is 18.2 Å². The van der Waals surface area contributed by atoms with E-state index in [0.29, 0.717) is 0 Å². The first-order valence-electron chi connectivity index (χ1n) is 6.94. The van der Waals surface area contributed by atoms with E-state index < -0.39 is 0 Å². The van der Waals surface area contributed by atoms with E-state index >= 15 is 0 Å². The SMILES string of the molecule is COc1ccc(OC)c(CN2CC3CNCC3C2)c1. The zero-order valence-electron chi connectivity index (χ0n) is 11.7. The number of fused-ring (bicyclic) bond motifs is 1. The molecule has 0 radical (unpaired) electrons. The van der Waals surface area contributed by atoms with Gasteiger partial charge in [-0.05, 0) is 43.1 Å². The van der Waals surface area contributed by atoms with Crippen molar-refractivity contribution < 1.29 is 9.47 Å². The Bertz CT molecular complexity index is 438. The molecule has 2 unspecified atom stereocenters. The molecule has 0 aromatic heterocycles. The van der Waals surface area contributed by atoms with Crippen molar-refractivity contribution in [3.05, 3.63) is 23.8 Å². The zero-order valence-corrected chi connectivity index (χ0v) is 11.7. The fraction of sp³-hybridized carbons (Fsp3) is 0.600. The fourth-order valence-corrected chi connectivity index (χ4v) is 3.33. The number of methoxy groups -OCH3 is 2. The first kappa shape index (κ1) is 12.8. The van der Waals surface area contributed by atoms with E-state index in [1.54, 1.807) is 14.2 Å². The van der Waals surface area contributed by atoms with Crippen LogP contribution < -0.4 is 14.8 Å². The van der Waals surface area contributed by atoms with E-state index in [1.807, 2.05) is 12.1 Å². The minimum absolute atomic E-state index is 0.830. The van der Waals surface area contributed by atoms with Crippen molar-refractivity contribution in [1.29, 1.82) is 0 Å². The highest BCUT2D eigenvalue weighted by molar-refractivity contribution is 5.40. The molecule has 2 saturated heterocycles. The molecular weight excluding hydrogens is 240 g/mol. The van der Waals surface area contributed by atoms with Crippen molar-refractivity contribution in [1.82, 2.24) is 10.2 Å². The molecule has 104 valence electrons. The summed E-state index contributed by atoms with van der Waals surface area (Å²) in [5, 5.41) is 3.48. The summed E-state index contributed by atoms with van der Waals surface area (Å²) in [7, 11) is 3.44. The Morgan fingerprint density at radius 3 is 2.53 bits per heavy atom. The molecule has 0 amide bonds. The highest BCUT2D eigenvalue weighted by Crippen LogP contribution is 2.30. The van der Waals surface area contributed by atoms with Crippen LogP contribution in [-0.2, 0) is 6.54 Å². The Morgan fingerprint density at radius 1 is 1.16 bits per heavy atom. The number of nitrogens with one attached hydrogen (secondary N) is 1. The van der Waals surface area contributed by atoms with Crippen molar-refractivity contribution >= 4 is 0 Å². The maximum absolute atomic E-state index is 5.45. The van der Waals surface area contributed by atoms with Gasteiger partial charge < -0.3 is 14.8 Å². The number of ether oxygens (including phenoxy) is 2. The number of hydrogen-bond acceptors (Lipinski definition) is 4. The van der Waals surface area contributed by atoms with E-state index in [9.17, 15) is 0 Å². The molecule has 2 heterocycles. The lowest BCUT2D eigenvalue weighted by atomic mass is 10.0. The van der Waals surface area contributed by atoms with Crippen LogP contribution in [0.3, 0.4) is 0 Å². The quantitative estimate of drug-likeness (QED) is 0.888. The smallest absolute Gasteiger partial charge is 0.123 e. The summed E-state index contributed by atoms with van der Waals surface area (Å²) >= 11 is 0. The molecule has 0 aliphatic carbocycles. The van der Waals surface area contributed by atoms with Crippen molar-refractivity contribution in [3.63, 3.8) is 0 Å². The van der Waals surface area contributed by atoms with Crippen LogP contribution in [0, 0.1) is 11.8 Å². The van der Waals surface area contributed by atoms with Crippen molar-refractivity contribution in [2.45, 2.75) is 6.54 Å². The molecular formula is C15H22N2O2. The topological polar surface area (TPSA) is 33.7 Å². The molecule has 4 heteroatoms. The van der Waals surface area contributed by atoms with Crippen LogP contribution >= 0.6 is 0 Å². The Labute approximate surface area is 114 Å². The maximum Gasteiger partial charge on any atom is 0.123 e. The summed E-state index contributed by atoms with van der Waals surface area (Å²) in [5.74, 6) is 3.51. The van der Waals surface area contributed by atoms with Gasteiger partial charge in [0.15, 0.2) is 0 Å². The molecule has 0 bridgehead atoms. The van der Waals surface area contributed by atoms with Gasteiger partial charge in [-0.1, -0.05) is 0 Å². The predicted molar refractivity (Wildman–Crippen MR) is 74.7 cm³/mol. The second-order valence-corrected chi connectivity index (χ2v) is 5.55. The second kappa shape index (κ2) is 5.39. The van der Waals surface area contributed by atoms with Gasteiger partial charge in [-0.25, -0.2) is 0 Å². The molecule has 3 rings (SSSR count). The van der Waals surface area contributed by atoms with Crippen LogP contribution in [0.2, 0.25) is 0 Å². The highest BCUT2D eigenvalue weighted by Gasteiger charge is 2.36. The Balaban J connectivity index is 1.72. The summed E-state index contributed by atoms with van der Waals surface area (Å²) in [4.78, 5) is 2.54. The number of likely N-dealkylation sites (tertiary alicyclic amines) is 1. The van der Waals surface area contributed by atoms with Crippen LogP contribution in [0.4, 0.5) is 0 Å². The summed E-state index contributed by atoms with van der Waals surface area (Å²) in [6, 6.07) is 6.03.